The van der Waals surface area contributed by atoms with E-state index in [1.807, 2.05) is 0 Å². The van der Waals surface area contributed by atoms with Gasteiger partial charge in [0.15, 0.2) is 0 Å². The molecule has 0 radical (unpaired) electrons. The molecule has 1 aromatic carbocycles. The lowest BCUT2D eigenvalue weighted by Gasteiger charge is -2.09. The lowest BCUT2D eigenvalue weighted by atomic mass is 10.2. The summed E-state index contributed by atoms with van der Waals surface area (Å²) >= 11 is 6.06. The first-order valence-electron chi connectivity index (χ1n) is 6.65. The summed E-state index contributed by atoms with van der Waals surface area (Å²) in [6, 6.07) is 4.19. The fourth-order valence-corrected chi connectivity index (χ4v) is 2.69. The Morgan fingerprint density at radius 2 is 2.19 bits per heavy atom. The predicted molar refractivity (Wildman–Crippen MR) is 76.6 cm³/mol. The van der Waals surface area contributed by atoms with Crippen molar-refractivity contribution in [3.63, 3.8) is 0 Å². The van der Waals surface area contributed by atoms with E-state index in [2.05, 4.69) is 5.10 Å². The van der Waals surface area contributed by atoms with Gasteiger partial charge < -0.3 is 0 Å². The van der Waals surface area contributed by atoms with Crippen LogP contribution < -0.4 is 5.69 Å². The van der Waals surface area contributed by atoms with E-state index in [4.69, 9.17) is 11.6 Å². The summed E-state index contributed by atoms with van der Waals surface area (Å²) in [5, 5.41) is 15.5. The average molecular weight is 309 g/mol. The van der Waals surface area contributed by atoms with Crippen molar-refractivity contribution in [3.8, 4) is 0 Å². The van der Waals surface area contributed by atoms with Crippen molar-refractivity contribution in [2.75, 3.05) is 0 Å². The van der Waals surface area contributed by atoms with Gasteiger partial charge in [0.05, 0.1) is 11.5 Å². The number of non-ortho nitro benzene ring substituents is 1. The van der Waals surface area contributed by atoms with E-state index in [0.29, 0.717) is 17.1 Å². The van der Waals surface area contributed by atoms with Crippen LogP contribution in [0.1, 0.15) is 24.2 Å². The van der Waals surface area contributed by atoms with Gasteiger partial charge in [-0.3, -0.25) is 14.7 Å². The van der Waals surface area contributed by atoms with Gasteiger partial charge in [0.25, 0.3) is 5.69 Å². The van der Waals surface area contributed by atoms with E-state index in [9.17, 15) is 14.9 Å². The molecular weight excluding hydrogens is 296 g/mol. The molecule has 1 aliphatic rings. The van der Waals surface area contributed by atoms with Gasteiger partial charge in [0.1, 0.15) is 5.82 Å². The molecule has 0 aliphatic carbocycles. The van der Waals surface area contributed by atoms with E-state index in [1.165, 1.54) is 22.9 Å². The zero-order valence-electron chi connectivity index (χ0n) is 11.2. The summed E-state index contributed by atoms with van der Waals surface area (Å²) in [5.74, 6) is 0.771. The van der Waals surface area contributed by atoms with Gasteiger partial charge in [-0.05, 0) is 24.5 Å². The highest BCUT2D eigenvalue weighted by molar-refractivity contribution is 6.31. The summed E-state index contributed by atoms with van der Waals surface area (Å²) in [4.78, 5) is 22.6. The number of rotatable bonds is 3. The molecule has 2 aromatic rings. The number of nitro groups is 1. The Morgan fingerprint density at radius 1 is 1.38 bits per heavy atom. The zero-order chi connectivity index (χ0) is 15.0. The molecule has 0 unspecified atom stereocenters. The Kier molecular flexibility index (Phi) is 3.50. The molecule has 3 rings (SSSR count). The second-order valence-electron chi connectivity index (χ2n) is 5.00. The van der Waals surface area contributed by atoms with Crippen molar-refractivity contribution in [1.82, 2.24) is 14.3 Å². The van der Waals surface area contributed by atoms with Gasteiger partial charge in [0, 0.05) is 30.1 Å². The second-order valence-corrected chi connectivity index (χ2v) is 5.41. The third-order valence-corrected chi connectivity index (χ3v) is 3.96. The Balaban J connectivity index is 1.97. The standard InChI is InChI=1S/C13H13ClN4O3/c14-11-5-4-10(18(20)21)7-9(11)8-17-13(19)16-6-2-1-3-12(16)15-17/h4-5,7H,1-3,6,8H2. The molecule has 8 heteroatoms. The van der Waals surface area contributed by atoms with Crippen LogP contribution in [0.5, 0.6) is 0 Å². The third-order valence-electron chi connectivity index (χ3n) is 3.59. The Hall–Kier alpha value is -2.15. The molecule has 0 saturated heterocycles. The molecule has 110 valence electrons. The maximum Gasteiger partial charge on any atom is 0.346 e. The van der Waals surface area contributed by atoms with Gasteiger partial charge in [-0.2, -0.15) is 5.10 Å². The van der Waals surface area contributed by atoms with E-state index in [1.54, 1.807) is 4.57 Å². The van der Waals surface area contributed by atoms with Gasteiger partial charge in [-0.25, -0.2) is 9.48 Å². The summed E-state index contributed by atoms with van der Waals surface area (Å²) in [5.41, 5.74) is 0.280. The molecule has 0 spiro atoms. The van der Waals surface area contributed by atoms with Gasteiger partial charge >= 0.3 is 5.69 Å². The van der Waals surface area contributed by atoms with Crippen LogP contribution in [0.15, 0.2) is 23.0 Å². The minimum Gasteiger partial charge on any atom is -0.279 e. The lowest BCUT2D eigenvalue weighted by molar-refractivity contribution is -0.384. The predicted octanol–water partition coefficient (Wildman–Crippen LogP) is 1.99. The van der Waals surface area contributed by atoms with E-state index >= 15 is 0 Å². The van der Waals surface area contributed by atoms with Crippen molar-refractivity contribution in [1.29, 1.82) is 0 Å². The summed E-state index contributed by atoms with van der Waals surface area (Å²) < 4.78 is 2.99. The fraction of sp³-hybridized carbons (Fsp3) is 0.385. The second kappa shape index (κ2) is 5.33. The minimum atomic E-state index is -0.485. The molecule has 0 N–H and O–H groups in total. The van der Waals surface area contributed by atoms with Crippen molar-refractivity contribution in [2.24, 2.45) is 0 Å². The van der Waals surface area contributed by atoms with Crippen molar-refractivity contribution >= 4 is 17.3 Å². The first kappa shape index (κ1) is 13.8. The smallest absolute Gasteiger partial charge is 0.279 e. The third kappa shape index (κ3) is 2.56. The number of fused-ring (bicyclic) bond motifs is 1. The average Bonchev–Trinajstić information content (AvgIpc) is 2.78. The first-order chi connectivity index (χ1) is 10.1. The largest absolute Gasteiger partial charge is 0.346 e. The van der Waals surface area contributed by atoms with Gasteiger partial charge in [-0.15, -0.1) is 0 Å². The number of halogens is 1. The van der Waals surface area contributed by atoms with E-state index < -0.39 is 4.92 Å². The summed E-state index contributed by atoms with van der Waals surface area (Å²) in [7, 11) is 0. The summed E-state index contributed by atoms with van der Waals surface area (Å²) in [6.45, 7) is 0.816. The van der Waals surface area contributed by atoms with Crippen molar-refractivity contribution in [2.45, 2.75) is 32.4 Å². The van der Waals surface area contributed by atoms with Crippen LogP contribution in [0, 0.1) is 10.1 Å². The van der Waals surface area contributed by atoms with Gasteiger partial charge in [-0.1, -0.05) is 11.6 Å². The molecule has 0 fully saturated rings. The highest BCUT2D eigenvalue weighted by Crippen LogP contribution is 2.22. The topological polar surface area (TPSA) is 83.0 Å². The lowest BCUT2D eigenvalue weighted by Crippen LogP contribution is -2.27. The minimum absolute atomic E-state index is 0.0496. The van der Waals surface area contributed by atoms with Crippen LogP contribution in [0.3, 0.4) is 0 Å². The van der Waals surface area contributed by atoms with Crippen LogP contribution in [0.25, 0.3) is 0 Å². The molecule has 1 aliphatic heterocycles. The summed E-state index contributed by atoms with van der Waals surface area (Å²) in [6.07, 6.45) is 2.77. The highest BCUT2D eigenvalue weighted by atomic mass is 35.5. The van der Waals surface area contributed by atoms with E-state index in [-0.39, 0.29) is 17.9 Å². The monoisotopic (exact) mass is 308 g/mol. The first-order valence-corrected chi connectivity index (χ1v) is 7.03. The SMILES string of the molecule is O=c1n(Cc2cc([N+](=O)[O-])ccc2Cl)nc2n1CCCC2. The van der Waals surface area contributed by atoms with Gasteiger partial charge in [0.2, 0.25) is 0 Å². The molecule has 2 heterocycles. The van der Waals surface area contributed by atoms with Crippen LogP contribution in [-0.4, -0.2) is 19.3 Å². The Morgan fingerprint density at radius 3 is 2.90 bits per heavy atom. The fourth-order valence-electron chi connectivity index (χ4n) is 2.51. The molecule has 0 saturated carbocycles. The molecule has 0 bridgehead atoms. The molecule has 1 aromatic heterocycles. The number of nitrogens with zero attached hydrogens (tertiary/aromatic N) is 4. The van der Waals surface area contributed by atoms with Crippen LogP contribution in [0.4, 0.5) is 5.69 Å². The quantitative estimate of drug-likeness (QED) is 0.641. The van der Waals surface area contributed by atoms with Crippen LogP contribution >= 0.6 is 11.6 Å². The Labute approximate surface area is 124 Å². The number of benzene rings is 1. The van der Waals surface area contributed by atoms with Crippen LogP contribution in [0.2, 0.25) is 5.02 Å². The zero-order valence-corrected chi connectivity index (χ0v) is 11.9. The molecule has 21 heavy (non-hydrogen) atoms. The number of aryl methyl sites for hydroxylation is 1. The number of hydrogen-bond donors (Lipinski definition) is 0. The number of aromatic nitrogens is 3. The molecular formula is C13H13ClN4O3. The Bertz CT molecular complexity index is 765. The highest BCUT2D eigenvalue weighted by Gasteiger charge is 2.18. The van der Waals surface area contributed by atoms with Crippen molar-refractivity contribution in [3.05, 3.63) is 55.2 Å². The van der Waals surface area contributed by atoms with E-state index in [0.717, 1.165) is 25.1 Å². The molecule has 0 atom stereocenters. The number of nitro benzene ring substituents is 1. The maximum atomic E-state index is 12.2. The maximum absolute atomic E-state index is 12.2. The van der Waals surface area contributed by atoms with Crippen LogP contribution in [-0.2, 0) is 19.5 Å². The normalized spacial score (nSPS) is 14.0. The number of hydrogen-bond acceptors (Lipinski definition) is 4. The molecule has 7 nitrogen and oxygen atoms in total. The van der Waals surface area contributed by atoms with Crippen molar-refractivity contribution < 1.29 is 4.92 Å². The molecule has 0 amide bonds.